The number of aromatic nitrogens is 2. The highest BCUT2D eigenvalue weighted by Gasteiger charge is 2.14. The van der Waals surface area contributed by atoms with E-state index in [1.165, 1.54) is 22.4 Å². The standard InChI is InChI=1S/C19H20N2/c1-4-16-10-12-18(13-11-16)21-15(3)19(14(2)20-21)17-8-6-5-7-9-17/h5-13H,4H2,1-3H3. The van der Waals surface area contributed by atoms with Crippen molar-refractivity contribution < 1.29 is 0 Å². The zero-order chi connectivity index (χ0) is 14.8. The van der Waals surface area contributed by atoms with Gasteiger partial charge in [-0.3, -0.25) is 0 Å². The van der Waals surface area contributed by atoms with Crippen LogP contribution in [0.2, 0.25) is 0 Å². The minimum atomic E-state index is 1.06. The maximum atomic E-state index is 4.73. The third-order valence-corrected chi connectivity index (χ3v) is 3.94. The molecule has 0 fully saturated rings. The summed E-state index contributed by atoms with van der Waals surface area (Å²) in [5, 5.41) is 4.73. The van der Waals surface area contributed by atoms with Crippen molar-refractivity contribution in [1.82, 2.24) is 9.78 Å². The molecule has 106 valence electrons. The second-order valence-corrected chi connectivity index (χ2v) is 5.34. The van der Waals surface area contributed by atoms with Gasteiger partial charge in [0, 0.05) is 11.3 Å². The van der Waals surface area contributed by atoms with Gasteiger partial charge in [0.25, 0.3) is 0 Å². The molecule has 0 aliphatic carbocycles. The second kappa shape index (κ2) is 5.57. The van der Waals surface area contributed by atoms with Crippen LogP contribution in [0.5, 0.6) is 0 Å². The summed E-state index contributed by atoms with van der Waals surface area (Å²) in [5.74, 6) is 0. The Morgan fingerprint density at radius 2 is 1.57 bits per heavy atom. The van der Waals surface area contributed by atoms with Crippen LogP contribution in [0.1, 0.15) is 23.9 Å². The van der Waals surface area contributed by atoms with E-state index in [0.717, 1.165) is 17.8 Å². The van der Waals surface area contributed by atoms with Gasteiger partial charge >= 0.3 is 0 Å². The van der Waals surface area contributed by atoms with Crippen LogP contribution in [0.25, 0.3) is 16.8 Å². The zero-order valence-corrected chi connectivity index (χ0v) is 12.8. The molecular weight excluding hydrogens is 256 g/mol. The Morgan fingerprint density at radius 1 is 0.905 bits per heavy atom. The topological polar surface area (TPSA) is 17.8 Å². The number of benzene rings is 2. The van der Waals surface area contributed by atoms with Crippen LogP contribution < -0.4 is 0 Å². The number of nitrogens with zero attached hydrogens (tertiary/aromatic N) is 2. The quantitative estimate of drug-likeness (QED) is 0.677. The summed E-state index contributed by atoms with van der Waals surface area (Å²) < 4.78 is 2.04. The average Bonchev–Trinajstić information content (AvgIpc) is 2.83. The van der Waals surface area contributed by atoms with E-state index in [2.05, 4.69) is 69.3 Å². The van der Waals surface area contributed by atoms with Crippen molar-refractivity contribution in [3.8, 4) is 16.8 Å². The van der Waals surface area contributed by atoms with Crippen molar-refractivity contribution in [2.24, 2.45) is 0 Å². The molecule has 2 nitrogen and oxygen atoms in total. The molecule has 2 heteroatoms. The van der Waals surface area contributed by atoms with Crippen LogP contribution in [0.15, 0.2) is 54.6 Å². The van der Waals surface area contributed by atoms with Crippen molar-refractivity contribution in [2.45, 2.75) is 27.2 Å². The lowest BCUT2D eigenvalue weighted by molar-refractivity contribution is 0.833. The monoisotopic (exact) mass is 276 g/mol. The highest BCUT2D eigenvalue weighted by molar-refractivity contribution is 5.69. The second-order valence-electron chi connectivity index (χ2n) is 5.34. The first-order valence-corrected chi connectivity index (χ1v) is 7.41. The Morgan fingerprint density at radius 3 is 2.19 bits per heavy atom. The predicted molar refractivity (Wildman–Crippen MR) is 87.9 cm³/mol. The minimum Gasteiger partial charge on any atom is -0.237 e. The third kappa shape index (κ3) is 2.49. The summed E-state index contributed by atoms with van der Waals surface area (Å²) in [6.07, 6.45) is 1.06. The van der Waals surface area contributed by atoms with Gasteiger partial charge in [0.1, 0.15) is 0 Å². The fourth-order valence-corrected chi connectivity index (χ4v) is 2.79. The molecule has 0 saturated heterocycles. The van der Waals surface area contributed by atoms with Gasteiger partial charge in [-0.15, -0.1) is 0 Å². The molecule has 3 rings (SSSR count). The van der Waals surface area contributed by atoms with Gasteiger partial charge in [0.05, 0.1) is 11.4 Å². The van der Waals surface area contributed by atoms with Gasteiger partial charge in [0.2, 0.25) is 0 Å². The smallest absolute Gasteiger partial charge is 0.0679 e. The van der Waals surface area contributed by atoms with E-state index in [9.17, 15) is 0 Å². The van der Waals surface area contributed by atoms with Gasteiger partial charge in [-0.05, 0) is 43.5 Å². The fourth-order valence-electron chi connectivity index (χ4n) is 2.79. The van der Waals surface area contributed by atoms with E-state index < -0.39 is 0 Å². The fraction of sp³-hybridized carbons (Fsp3) is 0.211. The van der Waals surface area contributed by atoms with E-state index in [4.69, 9.17) is 5.10 Å². The Bertz CT molecular complexity index is 737. The number of rotatable bonds is 3. The van der Waals surface area contributed by atoms with Crippen molar-refractivity contribution >= 4 is 0 Å². The van der Waals surface area contributed by atoms with Crippen LogP contribution in [-0.4, -0.2) is 9.78 Å². The summed E-state index contributed by atoms with van der Waals surface area (Å²) in [4.78, 5) is 0. The molecular formula is C19H20N2. The SMILES string of the molecule is CCc1ccc(-n2nc(C)c(-c3ccccc3)c2C)cc1. The highest BCUT2D eigenvalue weighted by atomic mass is 15.3. The molecule has 1 heterocycles. The third-order valence-electron chi connectivity index (χ3n) is 3.94. The van der Waals surface area contributed by atoms with Crippen molar-refractivity contribution in [1.29, 1.82) is 0 Å². The molecule has 0 radical (unpaired) electrons. The van der Waals surface area contributed by atoms with Gasteiger partial charge in [0.15, 0.2) is 0 Å². The molecule has 3 aromatic rings. The molecule has 0 spiro atoms. The molecule has 0 atom stereocenters. The molecule has 1 aromatic heterocycles. The lowest BCUT2D eigenvalue weighted by atomic mass is 10.0. The van der Waals surface area contributed by atoms with E-state index >= 15 is 0 Å². The molecule has 0 amide bonds. The van der Waals surface area contributed by atoms with Gasteiger partial charge < -0.3 is 0 Å². The van der Waals surface area contributed by atoms with Crippen molar-refractivity contribution in [3.63, 3.8) is 0 Å². The van der Waals surface area contributed by atoms with Crippen LogP contribution in [0.3, 0.4) is 0 Å². The first-order chi connectivity index (χ1) is 10.2. The Hall–Kier alpha value is -2.35. The van der Waals surface area contributed by atoms with Gasteiger partial charge in [-0.25, -0.2) is 4.68 Å². The van der Waals surface area contributed by atoms with Gasteiger partial charge in [-0.1, -0.05) is 49.4 Å². The summed E-state index contributed by atoms with van der Waals surface area (Å²) >= 11 is 0. The summed E-state index contributed by atoms with van der Waals surface area (Å²) in [7, 11) is 0. The van der Waals surface area contributed by atoms with E-state index in [1.54, 1.807) is 0 Å². The van der Waals surface area contributed by atoms with Crippen LogP contribution in [0, 0.1) is 13.8 Å². The number of hydrogen-bond acceptors (Lipinski definition) is 1. The summed E-state index contributed by atoms with van der Waals surface area (Å²) in [6.45, 7) is 6.38. The van der Waals surface area contributed by atoms with Crippen LogP contribution in [0.4, 0.5) is 0 Å². The van der Waals surface area contributed by atoms with Crippen molar-refractivity contribution in [2.75, 3.05) is 0 Å². The normalized spacial score (nSPS) is 10.8. The predicted octanol–water partition coefficient (Wildman–Crippen LogP) is 4.72. The molecule has 21 heavy (non-hydrogen) atoms. The van der Waals surface area contributed by atoms with E-state index in [-0.39, 0.29) is 0 Å². The molecule has 0 bridgehead atoms. The van der Waals surface area contributed by atoms with Gasteiger partial charge in [-0.2, -0.15) is 5.10 Å². The van der Waals surface area contributed by atoms with E-state index in [0.29, 0.717) is 0 Å². The number of aryl methyl sites for hydroxylation is 2. The average molecular weight is 276 g/mol. The first kappa shape index (κ1) is 13.6. The largest absolute Gasteiger partial charge is 0.237 e. The van der Waals surface area contributed by atoms with Crippen LogP contribution in [-0.2, 0) is 6.42 Å². The molecule has 0 N–H and O–H groups in total. The van der Waals surface area contributed by atoms with Crippen LogP contribution >= 0.6 is 0 Å². The highest BCUT2D eigenvalue weighted by Crippen LogP contribution is 2.28. The first-order valence-electron chi connectivity index (χ1n) is 7.41. The zero-order valence-electron chi connectivity index (χ0n) is 12.8. The molecule has 0 aliphatic heterocycles. The number of hydrogen-bond donors (Lipinski definition) is 0. The lowest BCUT2D eigenvalue weighted by Crippen LogP contribution is -1.99. The van der Waals surface area contributed by atoms with E-state index in [1.807, 2.05) is 10.7 Å². The Labute approximate surface area is 126 Å². The molecule has 2 aromatic carbocycles. The minimum absolute atomic E-state index is 1.06. The maximum Gasteiger partial charge on any atom is 0.0679 e. The summed E-state index contributed by atoms with van der Waals surface area (Å²) in [6, 6.07) is 19.1. The Kier molecular flexibility index (Phi) is 3.61. The Balaban J connectivity index is 2.09. The molecule has 0 saturated carbocycles. The lowest BCUT2D eigenvalue weighted by Gasteiger charge is -2.06. The maximum absolute atomic E-state index is 4.73. The summed E-state index contributed by atoms with van der Waals surface area (Å²) in [5.41, 5.74) is 7.18. The van der Waals surface area contributed by atoms with Crippen molar-refractivity contribution in [3.05, 3.63) is 71.5 Å². The molecule has 0 unspecified atom stereocenters. The molecule has 0 aliphatic rings.